The number of aryl methyl sites for hydroxylation is 1. The van der Waals surface area contributed by atoms with E-state index < -0.39 is 10.0 Å². The summed E-state index contributed by atoms with van der Waals surface area (Å²) in [5.41, 5.74) is 2.77. The van der Waals surface area contributed by atoms with Crippen LogP contribution in [0.5, 0.6) is 0 Å². The van der Waals surface area contributed by atoms with Gasteiger partial charge in [0.2, 0.25) is 10.0 Å². The predicted octanol–water partition coefficient (Wildman–Crippen LogP) is 1.79. The summed E-state index contributed by atoms with van der Waals surface area (Å²) < 4.78 is 28.3. The molecule has 1 aliphatic rings. The first-order chi connectivity index (χ1) is 9.32. The molecule has 1 aliphatic carbocycles. The molecule has 5 nitrogen and oxygen atoms in total. The number of nitrogens with one attached hydrogen (secondary N) is 1. The Bertz CT molecular complexity index is 595. The SMILES string of the molecule is COCC(Nc1cc(S(N)(=O)=O)cc(C)c1C)C1CC1. The molecule has 0 spiro atoms. The van der Waals surface area contributed by atoms with E-state index in [2.05, 4.69) is 5.32 Å². The molecule has 0 amide bonds. The summed E-state index contributed by atoms with van der Waals surface area (Å²) in [4.78, 5) is 0.148. The second kappa shape index (κ2) is 5.71. The largest absolute Gasteiger partial charge is 0.383 e. The van der Waals surface area contributed by atoms with Gasteiger partial charge in [0, 0.05) is 12.8 Å². The van der Waals surface area contributed by atoms with Gasteiger partial charge in [-0.2, -0.15) is 0 Å². The molecule has 0 heterocycles. The number of hydrogen-bond donors (Lipinski definition) is 2. The summed E-state index contributed by atoms with van der Waals surface area (Å²) in [6, 6.07) is 3.44. The van der Waals surface area contributed by atoms with Gasteiger partial charge in [-0.05, 0) is 55.9 Å². The highest BCUT2D eigenvalue weighted by atomic mass is 32.2. The van der Waals surface area contributed by atoms with Crippen LogP contribution in [0, 0.1) is 19.8 Å². The van der Waals surface area contributed by atoms with E-state index in [0.717, 1.165) is 16.8 Å². The lowest BCUT2D eigenvalue weighted by Gasteiger charge is -2.21. The third-order valence-corrected chi connectivity index (χ3v) is 4.74. The standard InChI is InChI=1S/C14H22N2O3S/c1-9-6-12(20(15,17)18)7-13(10(9)2)16-14(8-19-3)11-4-5-11/h6-7,11,14,16H,4-5,8H2,1-3H3,(H2,15,17,18). The maximum absolute atomic E-state index is 11.5. The molecule has 1 aromatic carbocycles. The minimum atomic E-state index is -3.69. The number of anilines is 1. The zero-order valence-electron chi connectivity index (χ0n) is 12.1. The van der Waals surface area contributed by atoms with Crippen LogP contribution >= 0.6 is 0 Å². The van der Waals surface area contributed by atoms with Crippen molar-refractivity contribution in [3.63, 3.8) is 0 Å². The molecule has 1 unspecified atom stereocenters. The lowest BCUT2D eigenvalue weighted by molar-refractivity contribution is 0.179. The van der Waals surface area contributed by atoms with Crippen LogP contribution in [0.2, 0.25) is 0 Å². The number of benzene rings is 1. The molecule has 112 valence electrons. The topological polar surface area (TPSA) is 81.4 Å². The maximum Gasteiger partial charge on any atom is 0.238 e. The van der Waals surface area contributed by atoms with E-state index in [1.165, 1.54) is 12.8 Å². The van der Waals surface area contributed by atoms with E-state index in [9.17, 15) is 8.42 Å². The van der Waals surface area contributed by atoms with Crippen molar-refractivity contribution in [3.8, 4) is 0 Å². The van der Waals surface area contributed by atoms with Gasteiger partial charge >= 0.3 is 0 Å². The fourth-order valence-corrected chi connectivity index (χ4v) is 2.94. The minimum absolute atomic E-state index is 0.148. The lowest BCUT2D eigenvalue weighted by atomic mass is 10.1. The van der Waals surface area contributed by atoms with Crippen LogP contribution in [-0.2, 0) is 14.8 Å². The van der Waals surface area contributed by atoms with Gasteiger partial charge in [0.1, 0.15) is 0 Å². The maximum atomic E-state index is 11.5. The van der Waals surface area contributed by atoms with E-state index in [-0.39, 0.29) is 10.9 Å². The zero-order chi connectivity index (χ0) is 14.9. The second-order valence-corrected chi connectivity index (χ2v) is 7.06. The molecular weight excluding hydrogens is 276 g/mol. The second-order valence-electron chi connectivity index (χ2n) is 5.50. The Balaban J connectivity index is 2.32. The Morgan fingerprint density at radius 2 is 2.05 bits per heavy atom. The molecule has 1 fully saturated rings. The molecule has 2 rings (SSSR count). The molecule has 1 saturated carbocycles. The first kappa shape index (κ1) is 15.3. The summed E-state index contributed by atoms with van der Waals surface area (Å²) in [6.07, 6.45) is 2.38. The summed E-state index contributed by atoms with van der Waals surface area (Å²) in [5, 5.41) is 8.64. The van der Waals surface area contributed by atoms with Gasteiger partial charge < -0.3 is 10.1 Å². The van der Waals surface area contributed by atoms with Gasteiger partial charge in [-0.1, -0.05) is 0 Å². The normalized spacial score (nSPS) is 17.0. The Morgan fingerprint density at radius 3 is 2.55 bits per heavy atom. The first-order valence-electron chi connectivity index (χ1n) is 6.72. The van der Waals surface area contributed by atoms with E-state index in [4.69, 9.17) is 9.88 Å². The smallest absolute Gasteiger partial charge is 0.238 e. The molecule has 0 aromatic heterocycles. The Kier molecular flexibility index (Phi) is 4.36. The van der Waals surface area contributed by atoms with Gasteiger partial charge in [0.15, 0.2) is 0 Å². The van der Waals surface area contributed by atoms with Crippen LogP contribution in [0.3, 0.4) is 0 Å². The molecule has 20 heavy (non-hydrogen) atoms. The number of sulfonamides is 1. The molecule has 0 radical (unpaired) electrons. The summed E-state index contributed by atoms with van der Waals surface area (Å²) >= 11 is 0. The molecule has 3 N–H and O–H groups in total. The Labute approximate surface area is 120 Å². The zero-order valence-corrected chi connectivity index (χ0v) is 13.0. The highest BCUT2D eigenvalue weighted by Gasteiger charge is 2.31. The van der Waals surface area contributed by atoms with Crippen LogP contribution in [0.1, 0.15) is 24.0 Å². The average Bonchev–Trinajstić information content (AvgIpc) is 3.16. The monoisotopic (exact) mass is 298 g/mol. The summed E-state index contributed by atoms with van der Waals surface area (Å²) in [5.74, 6) is 0.604. The fourth-order valence-electron chi connectivity index (χ4n) is 2.31. The lowest BCUT2D eigenvalue weighted by Crippen LogP contribution is -2.28. The highest BCUT2D eigenvalue weighted by Crippen LogP contribution is 2.35. The van der Waals surface area contributed by atoms with Gasteiger partial charge in [-0.3, -0.25) is 0 Å². The number of rotatable bonds is 6. The number of nitrogens with two attached hydrogens (primary N) is 1. The molecule has 1 aromatic rings. The third kappa shape index (κ3) is 3.50. The summed E-state index contributed by atoms with van der Waals surface area (Å²) in [6.45, 7) is 4.47. The van der Waals surface area contributed by atoms with Gasteiger partial charge in [-0.25, -0.2) is 13.6 Å². The number of ether oxygens (including phenoxy) is 1. The first-order valence-corrected chi connectivity index (χ1v) is 8.27. The van der Waals surface area contributed by atoms with Crippen LogP contribution in [0.15, 0.2) is 17.0 Å². The molecule has 1 atom stereocenters. The predicted molar refractivity (Wildman–Crippen MR) is 79.3 cm³/mol. The average molecular weight is 298 g/mol. The van der Waals surface area contributed by atoms with E-state index in [1.807, 2.05) is 13.8 Å². The Morgan fingerprint density at radius 1 is 1.40 bits per heavy atom. The summed E-state index contributed by atoms with van der Waals surface area (Å²) in [7, 11) is -2.01. The molecular formula is C14H22N2O3S. The number of methoxy groups -OCH3 is 1. The molecule has 0 saturated heterocycles. The van der Waals surface area contributed by atoms with Gasteiger partial charge in [0.05, 0.1) is 17.5 Å². The number of primary sulfonamides is 1. The van der Waals surface area contributed by atoms with Crippen LogP contribution in [-0.4, -0.2) is 28.2 Å². The van der Waals surface area contributed by atoms with Gasteiger partial charge in [0.25, 0.3) is 0 Å². The van der Waals surface area contributed by atoms with Crippen molar-refractivity contribution < 1.29 is 13.2 Å². The van der Waals surface area contributed by atoms with Crippen LogP contribution in [0.25, 0.3) is 0 Å². The van der Waals surface area contributed by atoms with Crippen molar-refractivity contribution in [1.29, 1.82) is 0 Å². The van der Waals surface area contributed by atoms with E-state index in [1.54, 1.807) is 19.2 Å². The third-order valence-electron chi connectivity index (χ3n) is 3.85. The van der Waals surface area contributed by atoms with Crippen LogP contribution < -0.4 is 10.5 Å². The van der Waals surface area contributed by atoms with Crippen molar-refractivity contribution in [2.75, 3.05) is 19.0 Å². The highest BCUT2D eigenvalue weighted by molar-refractivity contribution is 7.89. The Hall–Kier alpha value is -1.11. The van der Waals surface area contributed by atoms with E-state index in [0.29, 0.717) is 12.5 Å². The molecule has 6 heteroatoms. The van der Waals surface area contributed by atoms with E-state index >= 15 is 0 Å². The number of hydrogen-bond acceptors (Lipinski definition) is 4. The van der Waals surface area contributed by atoms with Crippen molar-refractivity contribution in [1.82, 2.24) is 0 Å². The van der Waals surface area contributed by atoms with Crippen LogP contribution in [0.4, 0.5) is 5.69 Å². The molecule has 0 bridgehead atoms. The van der Waals surface area contributed by atoms with Crippen molar-refractivity contribution in [2.45, 2.75) is 37.6 Å². The van der Waals surface area contributed by atoms with Crippen molar-refractivity contribution in [2.24, 2.45) is 11.1 Å². The fraction of sp³-hybridized carbons (Fsp3) is 0.571. The van der Waals surface area contributed by atoms with Crippen molar-refractivity contribution >= 4 is 15.7 Å². The van der Waals surface area contributed by atoms with Gasteiger partial charge in [-0.15, -0.1) is 0 Å². The minimum Gasteiger partial charge on any atom is -0.383 e. The van der Waals surface area contributed by atoms with Crippen molar-refractivity contribution in [3.05, 3.63) is 23.3 Å². The molecule has 0 aliphatic heterocycles. The quantitative estimate of drug-likeness (QED) is 0.839.